The minimum atomic E-state index is 0.147. The summed E-state index contributed by atoms with van der Waals surface area (Å²) in [6, 6.07) is 1.95. The molecule has 6 heteroatoms. The van der Waals surface area contributed by atoms with Gasteiger partial charge in [0.2, 0.25) is 0 Å². The molecule has 0 amide bonds. The van der Waals surface area contributed by atoms with Crippen molar-refractivity contribution in [1.82, 2.24) is 4.98 Å². The van der Waals surface area contributed by atoms with Crippen LogP contribution in [0.2, 0.25) is 10.0 Å². The summed E-state index contributed by atoms with van der Waals surface area (Å²) in [5, 5.41) is 13.1. The number of pyridine rings is 1. The van der Waals surface area contributed by atoms with Gasteiger partial charge in [-0.3, -0.25) is 0 Å². The van der Waals surface area contributed by atoms with Gasteiger partial charge in [0.25, 0.3) is 0 Å². The number of rotatable bonds is 7. The second-order valence-electron chi connectivity index (χ2n) is 4.52. The molecule has 0 aliphatic rings. The third-order valence-corrected chi connectivity index (χ3v) is 3.27. The van der Waals surface area contributed by atoms with E-state index in [2.05, 4.69) is 29.0 Å². The first-order chi connectivity index (χ1) is 9.01. The van der Waals surface area contributed by atoms with Gasteiger partial charge in [-0.25, -0.2) is 4.98 Å². The summed E-state index contributed by atoms with van der Waals surface area (Å²) in [6.45, 7) is 7.71. The number of aliphatic hydroxyl groups is 1. The zero-order chi connectivity index (χ0) is 14.4. The van der Waals surface area contributed by atoms with E-state index in [1.165, 1.54) is 0 Å². The molecule has 0 unspecified atom stereocenters. The van der Waals surface area contributed by atoms with Crippen LogP contribution in [0.15, 0.2) is 6.07 Å². The summed E-state index contributed by atoms with van der Waals surface area (Å²) in [5.41, 5.74) is 0. The SMILES string of the molecule is CCNc1nc(N(CCCO)C(C)C)c(Cl)cc1Cl. The lowest BCUT2D eigenvalue weighted by Gasteiger charge is -2.29. The van der Waals surface area contributed by atoms with Crippen LogP contribution in [0.1, 0.15) is 27.2 Å². The molecule has 0 atom stereocenters. The standard InChI is InChI=1S/C13H21Cl2N3O/c1-4-16-12-10(14)8-11(15)13(17-12)18(9(2)3)6-5-7-19/h8-9,19H,4-7H2,1-3H3,(H,16,17). The lowest BCUT2D eigenvalue weighted by molar-refractivity contribution is 0.288. The molecule has 2 N–H and O–H groups in total. The zero-order valence-electron chi connectivity index (χ0n) is 11.6. The van der Waals surface area contributed by atoms with Crippen molar-refractivity contribution in [1.29, 1.82) is 0 Å². The Kier molecular flexibility index (Phi) is 6.69. The summed E-state index contributed by atoms with van der Waals surface area (Å²) in [5.74, 6) is 1.34. The van der Waals surface area contributed by atoms with Gasteiger partial charge < -0.3 is 15.3 Å². The number of aromatic nitrogens is 1. The van der Waals surface area contributed by atoms with Crippen molar-refractivity contribution in [2.75, 3.05) is 29.9 Å². The number of anilines is 2. The van der Waals surface area contributed by atoms with E-state index in [1.807, 2.05) is 6.92 Å². The largest absolute Gasteiger partial charge is 0.396 e. The van der Waals surface area contributed by atoms with Crippen molar-refractivity contribution < 1.29 is 5.11 Å². The summed E-state index contributed by atoms with van der Waals surface area (Å²) in [4.78, 5) is 6.57. The van der Waals surface area contributed by atoms with Crippen molar-refractivity contribution in [3.8, 4) is 0 Å². The summed E-state index contributed by atoms with van der Waals surface area (Å²) in [6.07, 6.45) is 0.676. The van der Waals surface area contributed by atoms with Gasteiger partial charge in [0.15, 0.2) is 0 Å². The Morgan fingerprint density at radius 1 is 1.37 bits per heavy atom. The van der Waals surface area contributed by atoms with Crippen molar-refractivity contribution in [3.05, 3.63) is 16.1 Å². The number of halogens is 2. The molecule has 0 aliphatic carbocycles. The highest BCUT2D eigenvalue weighted by Gasteiger charge is 2.17. The molecule has 0 aromatic carbocycles. The Labute approximate surface area is 124 Å². The predicted octanol–water partition coefficient (Wildman–Crippen LogP) is 3.42. The van der Waals surface area contributed by atoms with Crippen LogP contribution in [0.25, 0.3) is 0 Å². The maximum atomic E-state index is 8.98. The van der Waals surface area contributed by atoms with Crippen LogP contribution in [0, 0.1) is 0 Å². The Balaban J connectivity index is 3.10. The monoisotopic (exact) mass is 305 g/mol. The molecule has 0 saturated carbocycles. The number of aliphatic hydroxyl groups excluding tert-OH is 1. The predicted molar refractivity (Wildman–Crippen MR) is 82.6 cm³/mol. The van der Waals surface area contributed by atoms with E-state index in [-0.39, 0.29) is 12.6 Å². The van der Waals surface area contributed by atoms with Crippen LogP contribution in [0.5, 0.6) is 0 Å². The molecule has 108 valence electrons. The van der Waals surface area contributed by atoms with Crippen LogP contribution in [-0.4, -0.2) is 35.8 Å². The molecule has 1 aromatic rings. The van der Waals surface area contributed by atoms with E-state index in [4.69, 9.17) is 28.3 Å². The van der Waals surface area contributed by atoms with Gasteiger partial charge >= 0.3 is 0 Å². The fraction of sp³-hybridized carbons (Fsp3) is 0.615. The van der Waals surface area contributed by atoms with E-state index < -0.39 is 0 Å². The molecule has 0 fully saturated rings. The van der Waals surface area contributed by atoms with Gasteiger partial charge in [-0.2, -0.15) is 0 Å². The highest BCUT2D eigenvalue weighted by molar-refractivity contribution is 6.37. The van der Waals surface area contributed by atoms with Crippen molar-refractivity contribution in [2.45, 2.75) is 33.2 Å². The topological polar surface area (TPSA) is 48.4 Å². The van der Waals surface area contributed by atoms with Gasteiger partial charge in [0.1, 0.15) is 11.6 Å². The first kappa shape index (κ1) is 16.3. The number of hydrogen-bond donors (Lipinski definition) is 2. The molecule has 1 aromatic heterocycles. The summed E-state index contributed by atoms with van der Waals surface area (Å²) < 4.78 is 0. The van der Waals surface area contributed by atoms with Crippen molar-refractivity contribution in [2.24, 2.45) is 0 Å². The lowest BCUT2D eigenvalue weighted by atomic mass is 10.2. The zero-order valence-corrected chi connectivity index (χ0v) is 13.1. The normalized spacial score (nSPS) is 10.9. The van der Waals surface area contributed by atoms with E-state index >= 15 is 0 Å². The average molecular weight is 306 g/mol. The quantitative estimate of drug-likeness (QED) is 0.810. The third-order valence-electron chi connectivity index (χ3n) is 2.71. The van der Waals surface area contributed by atoms with E-state index in [0.717, 1.165) is 6.54 Å². The van der Waals surface area contributed by atoms with Crippen molar-refractivity contribution in [3.63, 3.8) is 0 Å². The molecule has 1 heterocycles. The highest BCUT2D eigenvalue weighted by atomic mass is 35.5. The Bertz CT molecular complexity index is 413. The maximum absolute atomic E-state index is 8.98. The molecular weight excluding hydrogens is 285 g/mol. The molecule has 4 nitrogen and oxygen atoms in total. The highest BCUT2D eigenvalue weighted by Crippen LogP contribution is 2.32. The Morgan fingerprint density at radius 2 is 2.05 bits per heavy atom. The smallest absolute Gasteiger partial charge is 0.150 e. The van der Waals surface area contributed by atoms with E-state index in [0.29, 0.717) is 34.6 Å². The fourth-order valence-corrected chi connectivity index (χ4v) is 2.33. The molecular formula is C13H21Cl2N3O. The lowest BCUT2D eigenvalue weighted by Crippen LogP contribution is -2.33. The van der Waals surface area contributed by atoms with Gasteiger partial charge in [-0.05, 0) is 33.3 Å². The van der Waals surface area contributed by atoms with Gasteiger partial charge in [-0.1, -0.05) is 23.2 Å². The summed E-state index contributed by atoms with van der Waals surface area (Å²) in [7, 11) is 0. The van der Waals surface area contributed by atoms with E-state index in [1.54, 1.807) is 6.07 Å². The van der Waals surface area contributed by atoms with Crippen LogP contribution < -0.4 is 10.2 Å². The molecule has 0 saturated heterocycles. The fourth-order valence-electron chi connectivity index (χ4n) is 1.80. The van der Waals surface area contributed by atoms with Crippen LogP contribution >= 0.6 is 23.2 Å². The molecule has 0 spiro atoms. The Hall–Kier alpha value is -0.710. The van der Waals surface area contributed by atoms with Crippen LogP contribution in [0.3, 0.4) is 0 Å². The molecule has 0 bridgehead atoms. The minimum Gasteiger partial charge on any atom is -0.396 e. The Morgan fingerprint density at radius 3 is 2.58 bits per heavy atom. The van der Waals surface area contributed by atoms with Gasteiger partial charge in [0.05, 0.1) is 10.0 Å². The van der Waals surface area contributed by atoms with Crippen molar-refractivity contribution >= 4 is 34.8 Å². The molecule has 0 radical (unpaired) electrons. The second-order valence-corrected chi connectivity index (χ2v) is 5.33. The molecule has 19 heavy (non-hydrogen) atoms. The molecule has 0 aliphatic heterocycles. The van der Waals surface area contributed by atoms with Gasteiger partial charge in [0, 0.05) is 25.7 Å². The number of nitrogens with zero attached hydrogens (tertiary/aromatic N) is 2. The minimum absolute atomic E-state index is 0.147. The van der Waals surface area contributed by atoms with Crippen LogP contribution in [0.4, 0.5) is 11.6 Å². The maximum Gasteiger partial charge on any atom is 0.150 e. The first-order valence-electron chi connectivity index (χ1n) is 6.48. The van der Waals surface area contributed by atoms with E-state index in [9.17, 15) is 0 Å². The van der Waals surface area contributed by atoms with Crippen LogP contribution in [-0.2, 0) is 0 Å². The molecule has 1 rings (SSSR count). The van der Waals surface area contributed by atoms with Gasteiger partial charge in [-0.15, -0.1) is 0 Å². The number of nitrogens with one attached hydrogen (secondary N) is 1. The number of hydrogen-bond acceptors (Lipinski definition) is 4. The average Bonchev–Trinajstić information content (AvgIpc) is 2.34. The first-order valence-corrected chi connectivity index (χ1v) is 7.24. The third kappa shape index (κ3) is 4.41. The summed E-state index contributed by atoms with van der Waals surface area (Å²) >= 11 is 12.3. The second kappa shape index (κ2) is 7.78.